The van der Waals surface area contributed by atoms with E-state index in [1.807, 2.05) is 24.3 Å². The van der Waals surface area contributed by atoms with E-state index in [0.29, 0.717) is 41.5 Å². The molecule has 2 N–H and O–H groups in total. The highest BCUT2D eigenvalue weighted by molar-refractivity contribution is 6.30. The number of hydrogen-bond acceptors (Lipinski definition) is 6. The molecule has 0 fully saturated rings. The molecular formula is C24H22O6. The molecular weight excluding hydrogens is 384 g/mol. The van der Waals surface area contributed by atoms with Crippen molar-refractivity contribution in [1.29, 1.82) is 0 Å². The SMILES string of the molecule is CO[C@]12C=C[C@H](CC1)c1c(O)c3c(c(O)c12)C(=O)C1=C(C3=O)[C@H]2C=C[C@]1(OC)CC2. The molecule has 0 saturated heterocycles. The average molecular weight is 406 g/mol. The molecule has 0 unspecified atom stereocenters. The number of carbonyl (C=O) groups is 2. The third-order valence-electron chi connectivity index (χ3n) is 7.85. The van der Waals surface area contributed by atoms with Crippen LogP contribution in [0.5, 0.6) is 11.5 Å². The van der Waals surface area contributed by atoms with Crippen molar-refractivity contribution >= 4 is 11.6 Å². The van der Waals surface area contributed by atoms with E-state index in [9.17, 15) is 19.8 Å². The van der Waals surface area contributed by atoms with Crippen LogP contribution in [-0.4, -0.2) is 41.6 Å². The Morgan fingerprint density at radius 2 is 1.47 bits per heavy atom. The number of aromatic hydroxyl groups is 2. The molecule has 0 heterocycles. The molecule has 8 rings (SSSR count). The summed E-state index contributed by atoms with van der Waals surface area (Å²) in [5, 5.41) is 22.6. The summed E-state index contributed by atoms with van der Waals surface area (Å²) >= 11 is 0. The van der Waals surface area contributed by atoms with Crippen LogP contribution in [0.15, 0.2) is 35.5 Å². The van der Waals surface area contributed by atoms with Crippen LogP contribution in [0.4, 0.5) is 0 Å². The topological polar surface area (TPSA) is 93.1 Å². The van der Waals surface area contributed by atoms with Crippen molar-refractivity contribution in [2.45, 2.75) is 42.8 Å². The fourth-order valence-electron chi connectivity index (χ4n) is 6.33. The van der Waals surface area contributed by atoms with Crippen molar-refractivity contribution in [3.05, 3.63) is 57.7 Å². The maximum absolute atomic E-state index is 13.8. The van der Waals surface area contributed by atoms with Crippen molar-refractivity contribution in [3.63, 3.8) is 0 Å². The van der Waals surface area contributed by atoms with Gasteiger partial charge in [-0.2, -0.15) is 0 Å². The Hall–Kier alpha value is -2.70. The van der Waals surface area contributed by atoms with Crippen molar-refractivity contribution < 1.29 is 29.3 Å². The molecule has 1 aromatic rings. The molecule has 0 amide bonds. The zero-order valence-electron chi connectivity index (χ0n) is 16.8. The summed E-state index contributed by atoms with van der Waals surface area (Å²) in [5.41, 5.74) is -0.458. The number of benzene rings is 1. The van der Waals surface area contributed by atoms with Gasteiger partial charge >= 0.3 is 0 Å². The van der Waals surface area contributed by atoms with E-state index >= 15 is 0 Å². The molecule has 4 atom stereocenters. The predicted octanol–water partition coefficient (Wildman–Crippen LogP) is 3.43. The van der Waals surface area contributed by atoms with Gasteiger partial charge in [0.1, 0.15) is 22.7 Å². The Kier molecular flexibility index (Phi) is 3.32. The number of ether oxygens (including phenoxy) is 2. The fraction of sp³-hybridized carbons (Fsp3) is 0.417. The minimum Gasteiger partial charge on any atom is -0.507 e. The summed E-state index contributed by atoms with van der Waals surface area (Å²) in [6.07, 6.45) is 10.3. The molecule has 6 nitrogen and oxygen atoms in total. The average Bonchev–Trinajstić information content (AvgIpc) is 2.80. The molecule has 6 heteroatoms. The van der Waals surface area contributed by atoms with Crippen molar-refractivity contribution in [2.24, 2.45) is 5.92 Å². The number of Topliss-reactive ketones (excluding diaryl/α,β-unsaturated/α-hetero) is 2. The first-order chi connectivity index (χ1) is 14.4. The number of fused-ring (bicyclic) bond motifs is 3. The van der Waals surface area contributed by atoms with Gasteiger partial charge in [-0.25, -0.2) is 0 Å². The predicted molar refractivity (Wildman–Crippen MR) is 107 cm³/mol. The van der Waals surface area contributed by atoms with Crippen molar-refractivity contribution in [2.75, 3.05) is 14.2 Å². The maximum atomic E-state index is 13.8. The highest BCUT2D eigenvalue weighted by Crippen LogP contribution is 2.60. The maximum Gasteiger partial charge on any atom is 0.197 e. The van der Waals surface area contributed by atoms with E-state index in [4.69, 9.17) is 9.47 Å². The van der Waals surface area contributed by atoms with Gasteiger partial charge in [-0.1, -0.05) is 24.3 Å². The Morgan fingerprint density at radius 1 is 0.867 bits per heavy atom. The number of allylic oxidation sites excluding steroid dienone is 3. The molecule has 0 radical (unpaired) electrons. The summed E-state index contributed by atoms with van der Waals surface area (Å²) in [7, 11) is 3.08. The number of phenols is 2. The second-order valence-corrected chi connectivity index (χ2v) is 8.88. The van der Waals surface area contributed by atoms with Gasteiger partial charge in [0.05, 0.1) is 11.1 Å². The largest absolute Gasteiger partial charge is 0.507 e. The third kappa shape index (κ3) is 1.79. The highest BCUT2D eigenvalue weighted by atomic mass is 16.5. The van der Waals surface area contributed by atoms with Crippen LogP contribution in [0.2, 0.25) is 0 Å². The zero-order valence-corrected chi connectivity index (χ0v) is 16.8. The second-order valence-electron chi connectivity index (χ2n) is 8.88. The quantitative estimate of drug-likeness (QED) is 0.577. The molecule has 7 aliphatic rings. The van der Waals surface area contributed by atoms with Gasteiger partial charge in [0.2, 0.25) is 0 Å². The molecule has 0 aromatic heterocycles. The molecule has 30 heavy (non-hydrogen) atoms. The lowest BCUT2D eigenvalue weighted by atomic mass is 9.60. The van der Waals surface area contributed by atoms with E-state index in [-0.39, 0.29) is 40.2 Å². The Balaban J connectivity index is 1.68. The monoisotopic (exact) mass is 406 g/mol. The summed E-state index contributed by atoms with van der Waals surface area (Å²) in [6, 6.07) is 0. The van der Waals surface area contributed by atoms with Crippen molar-refractivity contribution in [1.82, 2.24) is 0 Å². The molecule has 1 aromatic carbocycles. The van der Waals surface area contributed by atoms with Gasteiger partial charge in [0.25, 0.3) is 0 Å². The molecule has 0 spiro atoms. The number of ketones is 2. The summed E-state index contributed by atoms with van der Waals surface area (Å²) in [6.45, 7) is 0. The van der Waals surface area contributed by atoms with Crippen molar-refractivity contribution in [3.8, 4) is 11.5 Å². The van der Waals surface area contributed by atoms with Gasteiger partial charge in [-0.05, 0) is 25.7 Å². The van der Waals surface area contributed by atoms with Crippen LogP contribution in [-0.2, 0) is 15.1 Å². The summed E-state index contributed by atoms with van der Waals surface area (Å²) < 4.78 is 11.5. The van der Waals surface area contributed by atoms with Crippen LogP contribution in [0, 0.1) is 5.92 Å². The lowest BCUT2D eigenvalue weighted by Crippen LogP contribution is -2.47. The second kappa shape index (κ2) is 5.50. The van der Waals surface area contributed by atoms with E-state index in [2.05, 4.69) is 0 Å². The van der Waals surface area contributed by atoms with Crippen LogP contribution in [0.3, 0.4) is 0 Å². The molecule has 4 bridgehead atoms. The highest BCUT2D eigenvalue weighted by Gasteiger charge is 2.55. The summed E-state index contributed by atoms with van der Waals surface area (Å²) in [5.74, 6) is -1.59. The van der Waals surface area contributed by atoms with Gasteiger partial charge in [0.15, 0.2) is 11.6 Å². The van der Waals surface area contributed by atoms with E-state index in [0.717, 1.165) is 6.42 Å². The molecule has 0 saturated carbocycles. The Bertz CT molecular complexity index is 1150. The number of hydrogen-bond donors (Lipinski definition) is 2. The smallest absolute Gasteiger partial charge is 0.197 e. The molecule has 0 aliphatic heterocycles. The van der Waals surface area contributed by atoms with Crippen LogP contribution in [0.25, 0.3) is 0 Å². The Morgan fingerprint density at radius 3 is 2.07 bits per heavy atom. The van der Waals surface area contributed by atoms with Gasteiger partial charge in [0, 0.05) is 48.3 Å². The van der Waals surface area contributed by atoms with Gasteiger partial charge in [-0.3, -0.25) is 9.59 Å². The minimum absolute atomic E-state index is 0.0746. The first-order valence-electron chi connectivity index (χ1n) is 10.3. The van der Waals surface area contributed by atoms with Crippen LogP contribution < -0.4 is 0 Å². The Labute approximate surface area is 173 Å². The molecule has 7 aliphatic carbocycles. The first-order valence-corrected chi connectivity index (χ1v) is 10.3. The molecule has 154 valence electrons. The van der Waals surface area contributed by atoms with Crippen LogP contribution in [0.1, 0.15) is 63.4 Å². The normalized spacial score (nSPS) is 35.0. The number of phenolic OH excluding ortho intramolecular Hbond substituents is 2. The fourth-order valence-corrected chi connectivity index (χ4v) is 6.33. The lowest BCUT2D eigenvalue weighted by Gasteiger charge is -2.47. The first kappa shape index (κ1) is 18.1. The lowest BCUT2D eigenvalue weighted by molar-refractivity contribution is 0.00408. The third-order valence-corrected chi connectivity index (χ3v) is 7.85. The standard InChI is InChI=1S/C24H22O6/c1-29-23-7-3-11(4-8-23)13-17(23)21(27)16-15(19(13)25)20(26)14-12-5-9-24(30-2,10-6-12)18(14)22(16)28/h3,5,7,9,11-12,25,27H,4,6,8,10H2,1-2H3/t11-,12+,23-,24+/m1/s1. The van der Waals surface area contributed by atoms with Gasteiger partial charge in [-0.15, -0.1) is 0 Å². The van der Waals surface area contributed by atoms with Crippen LogP contribution >= 0.6 is 0 Å². The van der Waals surface area contributed by atoms with E-state index in [1.165, 1.54) is 7.11 Å². The minimum atomic E-state index is -0.968. The number of methoxy groups -OCH3 is 2. The zero-order chi connectivity index (χ0) is 21.0. The number of rotatable bonds is 2. The van der Waals surface area contributed by atoms with E-state index in [1.54, 1.807) is 7.11 Å². The summed E-state index contributed by atoms with van der Waals surface area (Å²) in [4.78, 5) is 27.4. The number of carbonyl (C=O) groups excluding carboxylic acids is 2. The van der Waals surface area contributed by atoms with Gasteiger partial charge < -0.3 is 19.7 Å². The van der Waals surface area contributed by atoms with E-state index < -0.39 is 17.0 Å².